The van der Waals surface area contributed by atoms with Crippen molar-refractivity contribution in [3.8, 4) is 5.75 Å². The second kappa shape index (κ2) is 8.90. The van der Waals surface area contributed by atoms with Gasteiger partial charge in [-0.1, -0.05) is 30.3 Å². The van der Waals surface area contributed by atoms with E-state index in [1.54, 1.807) is 30.1 Å². The third-order valence-corrected chi connectivity index (χ3v) is 4.31. The number of aromatic nitrogens is 2. The zero-order chi connectivity index (χ0) is 19.9. The van der Waals surface area contributed by atoms with E-state index in [-0.39, 0.29) is 5.91 Å². The Hall–Kier alpha value is -3.54. The molecule has 3 rings (SSSR count). The van der Waals surface area contributed by atoms with Crippen LogP contribution in [0.15, 0.2) is 66.9 Å². The van der Waals surface area contributed by atoms with Crippen molar-refractivity contribution in [2.75, 3.05) is 31.4 Å². The van der Waals surface area contributed by atoms with Gasteiger partial charge in [-0.25, -0.2) is 4.68 Å². The van der Waals surface area contributed by atoms with Crippen LogP contribution in [0, 0.1) is 0 Å². The molecule has 0 aliphatic carbocycles. The van der Waals surface area contributed by atoms with Crippen LogP contribution < -0.4 is 15.0 Å². The third-order valence-electron chi connectivity index (χ3n) is 4.31. The molecule has 0 fully saturated rings. The lowest BCUT2D eigenvalue weighted by Crippen LogP contribution is -2.14. The summed E-state index contributed by atoms with van der Waals surface area (Å²) >= 11 is 0. The van der Waals surface area contributed by atoms with E-state index in [9.17, 15) is 4.79 Å². The van der Waals surface area contributed by atoms with Crippen molar-refractivity contribution in [1.29, 1.82) is 0 Å². The number of benzene rings is 2. The van der Waals surface area contributed by atoms with Crippen molar-refractivity contribution in [3.05, 3.63) is 78.0 Å². The Balaban J connectivity index is 1.66. The predicted molar refractivity (Wildman–Crippen MR) is 113 cm³/mol. The van der Waals surface area contributed by atoms with Crippen LogP contribution in [0.1, 0.15) is 11.1 Å². The van der Waals surface area contributed by atoms with Gasteiger partial charge in [0.15, 0.2) is 0 Å². The van der Waals surface area contributed by atoms with E-state index in [1.165, 1.54) is 6.08 Å². The minimum atomic E-state index is -0.226. The predicted octanol–water partition coefficient (Wildman–Crippen LogP) is 3.66. The number of rotatable bonds is 7. The van der Waals surface area contributed by atoms with Gasteiger partial charge in [-0.2, -0.15) is 5.10 Å². The normalized spacial score (nSPS) is 10.8. The molecule has 0 aliphatic heterocycles. The van der Waals surface area contributed by atoms with Crippen molar-refractivity contribution < 1.29 is 9.53 Å². The zero-order valence-electron chi connectivity index (χ0n) is 16.3. The van der Waals surface area contributed by atoms with E-state index in [1.807, 2.05) is 38.4 Å². The zero-order valence-corrected chi connectivity index (χ0v) is 16.3. The van der Waals surface area contributed by atoms with Gasteiger partial charge in [0.1, 0.15) is 11.6 Å². The lowest BCUT2D eigenvalue weighted by atomic mass is 10.2. The molecule has 0 bridgehead atoms. The molecular weight excluding hydrogens is 352 g/mol. The smallest absolute Gasteiger partial charge is 0.249 e. The molecule has 1 aromatic heterocycles. The second-order valence-corrected chi connectivity index (χ2v) is 6.50. The van der Waals surface area contributed by atoms with Gasteiger partial charge in [-0.05, 0) is 29.8 Å². The van der Waals surface area contributed by atoms with E-state index < -0.39 is 0 Å². The van der Waals surface area contributed by atoms with Crippen LogP contribution in [0.3, 0.4) is 0 Å². The first-order valence-corrected chi connectivity index (χ1v) is 8.97. The Morgan fingerprint density at radius 1 is 1.14 bits per heavy atom. The fourth-order valence-corrected chi connectivity index (χ4v) is 2.77. The number of amides is 1. The molecule has 0 spiro atoms. The summed E-state index contributed by atoms with van der Waals surface area (Å²) in [6.07, 6.45) is 4.89. The maximum atomic E-state index is 12.3. The number of hydrogen-bond acceptors (Lipinski definition) is 4. The fraction of sp³-hybridized carbons (Fsp3) is 0.182. The first-order valence-electron chi connectivity index (χ1n) is 8.97. The molecule has 144 valence electrons. The lowest BCUT2D eigenvalue weighted by Gasteiger charge is -2.13. The van der Waals surface area contributed by atoms with Gasteiger partial charge in [0.05, 0.1) is 19.9 Å². The molecular formula is C22H24N4O2. The molecule has 1 amide bonds. The summed E-state index contributed by atoms with van der Waals surface area (Å²) in [6.45, 7) is 0.576. The number of hydrogen-bond donors (Lipinski definition) is 1. The number of ether oxygens (including phenoxy) is 1. The van der Waals surface area contributed by atoms with Crippen molar-refractivity contribution in [2.24, 2.45) is 0 Å². The Labute approximate surface area is 165 Å². The summed E-state index contributed by atoms with van der Waals surface area (Å²) in [5, 5.41) is 7.19. The van der Waals surface area contributed by atoms with Gasteiger partial charge >= 0.3 is 0 Å². The van der Waals surface area contributed by atoms with Crippen LogP contribution in [0.4, 0.5) is 11.5 Å². The van der Waals surface area contributed by atoms with Gasteiger partial charge < -0.3 is 15.0 Å². The van der Waals surface area contributed by atoms with Crippen molar-refractivity contribution >= 4 is 23.5 Å². The largest absolute Gasteiger partial charge is 0.496 e. The topological polar surface area (TPSA) is 59.4 Å². The Bertz CT molecular complexity index is 959. The van der Waals surface area contributed by atoms with Crippen LogP contribution in [0.2, 0.25) is 0 Å². The van der Waals surface area contributed by atoms with E-state index >= 15 is 0 Å². The maximum absolute atomic E-state index is 12.3. The lowest BCUT2D eigenvalue weighted by molar-refractivity contribution is -0.111. The number of nitrogens with one attached hydrogen (secondary N) is 1. The Morgan fingerprint density at radius 3 is 2.61 bits per heavy atom. The number of nitrogens with zero attached hydrogens (tertiary/aromatic N) is 3. The molecule has 1 N–H and O–H groups in total. The molecule has 2 aromatic carbocycles. The maximum Gasteiger partial charge on any atom is 0.249 e. The average molecular weight is 376 g/mol. The number of carbonyl (C=O) groups excluding carboxylic acids is 1. The van der Waals surface area contributed by atoms with E-state index in [0.717, 1.165) is 22.6 Å². The molecule has 0 atom stereocenters. The van der Waals surface area contributed by atoms with Gasteiger partial charge in [0, 0.05) is 37.5 Å². The molecule has 6 heteroatoms. The minimum absolute atomic E-state index is 0.226. The average Bonchev–Trinajstić information content (AvgIpc) is 3.13. The van der Waals surface area contributed by atoms with E-state index in [4.69, 9.17) is 4.74 Å². The Morgan fingerprint density at radius 2 is 1.89 bits per heavy atom. The third kappa shape index (κ3) is 4.79. The SMILES string of the molecule is COc1ccccc1/C=C/C(=O)Nc1ccnn1Cc1ccc(N(C)C)cc1. The molecule has 0 aliphatic rings. The standard InChI is InChI=1S/C22H24N4O2/c1-25(2)19-11-8-17(9-12-19)16-26-21(14-15-23-26)24-22(27)13-10-18-6-4-5-7-20(18)28-3/h4-15H,16H2,1-3H3,(H,24,27)/b13-10+. The fourth-order valence-electron chi connectivity index (χ4n) is 2.77. The van der Waals surface area contributed by atoms with E-state index in [0.29, 0.717) is 12.4 Å². The first kappa shape index (κ1) is 19.2. The molecule has 0 saturated carbocycles. The summed E-state index contributed by atoms with van der Waals surface area (Å²) in [7, 11) is 5.62. The molecule has 3 aromatic rings. The summed E-state index contributed by atoms with van der Waals surface area (Å²) < 4.78 is 7.06. The van der Waals surface area contributed by atoms with Crippen LogP contribution in [-0.2, 0) is 11.3 Å². The molecule has 0 saturated heterocycles. The summed E-state index contributed by atoms with van der Waals surface area (Å²) in [6, 6.07) is 17.6. The highest BCUT2D eigenvalue weighted by Gasteiger charge is 2.07. The molecule has 0 radical (unpaired) electrons. The van der Waals surface area contributed by atoms with Gasteiger partial charge in [0.2, 0.25) is 5.91 Å². The molecule has 1 heterocycles. The van der Waals surface area contributed by atoms with Crippen molar-refractivity contribution in [2.45, 2.75) is 6.54 Å². The quantitative estimate of drug-likeness (QED) is 0.640. The highest BCUT2D eigenvalue weighted by Crippen LogP contribution is 2.19. The van der Waals surface area contributed by atoms with Crippen molar-refractivity contribution in [3.63, 3.8) is 0 Å². The van der Waals surface area contributed by atoms with Crippen LogP contribution >= 0.6 is 0 Å². The number of para-hydroxylation sites is 1. The number of anilines is 2. The first-order chi connectivity index (χ1) is 13.6. The minimum Gasteiger partial charge on any atom is -0.496 e. The highest BCUT2D eigenvalue weighted by atomic mass is 16.5. The highest BCUT2D eigenvalue weighted by molar-refractivity contribution is 6.01. The van der Waals surface area contributed by atoms with Crippen LogP contribution in [-0.4, -0.2) is 36.9 Å². The van der Waals surface area contributed by atoms with Gasteiger partial charge in [0.25, 0.3) is 0 Å². The van der Waals surface area contributed by atoms with Crippen LogP contribution in [0.25, 0.3) is 6.08 Å². The monoisotopic (exact) mass is 376 g/mol. The van der Waals surface area contributed by atoms with Crippen molar-refractivity contribution in [1.82, 2.24) is 9.78 Å². The van der Waals surface area contributed by atoms with Gasteiger partial charge in [-0.3, -0.25) is 4.79 Å². The molecule has 6 nitrogen and oxygen atoms in total. The summed E-state index contributed by atoms with van der Waals surface area (Å²) in [5.41, 5.74) is 3.09. The second-order valence-electron chi connectivity index (χ2n) is 6.50. The van der Waals surface area contributed by atoms with Crippen LogP contribution in [0.5, 0.6) is 5.75 Å². The number of methoxy groups -OCH3 is 1. The Kier molecular flexibility index (Phi) is 6.11. The molecule has 0 unspecified atom stereocenters. The summed E-state index contributed by atoms with van der Waals surface area (Å²) in [5.74, 6) is 1.14. The van der Waals surface area contributed by atoms with Gasteiger partial charge in [-0.15, -0.1) is 0 Å². The molecule has 28 heavy (non-hydrogen) atoms. The van der Waals surface area contributed by atoms with E-state index in [2.05, 4.69) is 39.6 Å². The number of carbonyl (C=O) groups is 1. The summed E-state index contributed by atoms with van der Waals surface area (Å²) in [4.78, 5) is 14.4.